The van der Waals surface area contributed by atoms with Crippen LogP contribution < -0.4 is 5.32 Å². The van der Waals surface area contributed by atoms with Crippen molar-refractivity contribution in [3.05, 3.63) is 29.5 Å². The number of hydrogen-bond acceptors (Lipinski definition) is 6. The maximum Gasteiger partial charge on any atom is 0.236 e. The van der Waals surface area contributed by atoms with E-state index in [0.29, 0.717) is 24.7 Å². The van der Waals surface area contributed by atoms with Gasteiger partial charge in [-0.2, -0.15) is 0 Å². The number of carbonyl (C=O) groups excluding carboxylic acids is 2. The molecule has 0 bridgehead atoms. The topological polar surface area (TPSA) is 78.7 Å². The van der Waals surface area contributed by atoms with Gasteiger partial charge < -0.3 is 19.5 Å². The van der Waals surface area contributed by atoms with E-state index in [4.69, 9.17) is 4.42 Å². The zero-order chi connectivity index (χ0) is 17.9. The van der Waals surface area contributed by atoms with Crippen molar-refractivity contribution in [1.82, 2.24) is 20.1 Å². The Morgan fingerprint density at radius 2 is 2.35 bits per heavy atom. The predicted octanol–water partition coefficient (Wildman–Crippen LogP) is 1.37. The maximum atomic E-state index is 12.7. The van der Waals surface area contributed by atoms with E-state index >= 15 is 0 Å². The molecule has 2 aromatic heterocycles. The Bertz CT molecular complexity index is 773. The van der Waals surface area contributed by atoms with E-state index in [-0.39, 0.29) is 24.3 Å². The van der Waals surface area contributed by atoms with E-state index in [1.165, 1.54) is 0 Å². The van der Waals surface area contributed by atoms with E-state index in [1.54, 1.807) is 17.6 Å². The van der Waals surface area contributed by atoms with Gasteiger partial charge >= 0.3 is 0 Å². The Hall–Kier alpha value is -2.19. The number of carbonyl (C=O) groups is 2. The molecule has 1 unspecified atom stereocenters. The molecule has 7 nitrogen and oxygen atoms in total. The molecule has 0 spiro atoms. The monoisotopic (exact) mass is 374 g/mol. The third-order valence-electron chi connectivity index (χ3n) is 4.93. The van der Waals surface area contributed by atoms with E-state index in [1.807, 2.05) is 27.3 Å². The molecule has 0 saturated carbocycles. The molecule has 4 heterocycles. The summed E-state index contributed by atoms with van der Waals surface area (Å²) in [7, 11) is 0. The van der Waals surface area contributed by atoms with Crippen LogP contribution in [-0.2, 0) is 16.0 Å². The standard InChI is InChI=1S/C18H22N4O3S/c23-16(9-13-12-25-18(20-13)15-4-2-8-26-15)21-6-1-3-14(11-21)22-7-5-19-10-17(22)24/h2,4,8,12,14,19H,1,3,5-7,9-11H2. The number of amides is 2. The maximum absolute atomic E-state index is 12.7. The second-order valence-corrected chi connectivity index (χ2v) is 7.65. The number of oxazole rings is 1. The molecular weight excluding hydrogens is 352 g/mol. The summed E-state index contributed by atoms with van der Waals surface area (Å²) in [6.45, 7) is 3.29. The molecule has 8 heteroatoms. The summed E-state index contributed by atoms with van der Waals surface area (Å²) in [6.07, 6.45) is 3.68. The molecule has 2 saturated heterocycles. The number of nitrogens with zero attached hydrogens (tertiary/aromatic N) is 3. The zero-order valence-electron chi connectivity index (χ0n) is 14.5. The number of rotatable bonds is 4. The summed E-state index contributed by atoms with van der Waals surface area (Å²) in [4.78, 5) is 34.0. The molecule has 2 amide bonds. The Balaban J connectivity index is 1.37. The van der Waals surface area contributed by atoms with Crippen molar-refractivity contribution in [2.24, 2.45) is 0 Å². The average Bonchev–Trinajstić information content (AvgIpc) is 3.34. The van der Waals surface area contributed by atoms with Gasteiger partial charge in [-0.1, -0.05) is 6.07 Å². The van der Waals surface area contributed by atoms with Crippen LogP contribution in [0.3, 0.4) is 0 Å². The van der Waals surface area contributed by atoms with Crippen LogP contribution in [0, 0.1) is 0 Å². The molecule has 4 rings (SSSR count). The molecule has 0 aliphatic carbocycles. The average molecular weight is 374 g/mol. The molecule has 138 valence electrons. The molecule has 2 aliphatic rings. The van der Waals surface area contributed by atoms with Gasteiger partial charge in [-0.3, -0.25) is 9.59 Å². The predicted molar refractivity (Wildman–Crippen MR) is 97.7 cm³/mol. The lowest BCUT2D eigenvalue weighted by atomic mass is 10.0. The second kappa shape index (κ2) is 7.59. The summed E-state index contributed by atoms with van der Waals surface area (Å²) >= 11 is 1.56. The summed E-state index contributed by atoms with van der Waals surface area (Å²) in [5.41, 5.74) is 0.652. The molecule has 0 radical (unpaired) electrons. The molecule has 2 aliphatic heterocycles. The highest BCUT2D eigenvalue weighted by Gasteiger charge is 2.31. The molecule has 1 N–H and O–H groups in total. The second-order valence-electron chi connectivity index (χ2n) is 6.70. The molecular formula is C18H22N4O3S. The van der Waals surface area contributed by atoms with Gasteiger partial charge in [0, 0.05) is 32.2 Å². The SMILES string of the molecule is O=C(Cc1coc(-c2cccs2)n1)N1CCCC(N2CCNCC2=O)C1. The minimum absolute atomic E-state index is 0.0447. The van der Waals surface area contributed by atoms with Crippen LogP contribution in [0.5, 0.6) is 0 Å². The van der Waals surface area contributed by atoms with Crippen LogP contribution in [0.1, 0.15) is 18.5 Å². The third-order valence-corrected chi connectivity index (χ3v) is 5.79. The largest absolute Gasteiger partial charge is 0.444 e. The molecule has 2 aromatic rings. The van der Waals surface area contributed by atoms with Crippen LogP contribution >= 0.6 is 11.3 Å². The van der Waals surface area contributed by atoms with E-state index in [9.17, 15) is 9.59 Å². The Morgan fingerprint density at radius 3 is 3.15 bits per heavy atom. The summed E-state index contributed by atoms with van der Waals surface area (Å²) in [5, 5.41) is 5.06. The first-order chi connectivity index (χ1) is 12.7. The highest BCUT2D eigenvalue weighted by atomic mass is 32.1. The van der Waals surface area contributed by atoms with Crippen LogP contribution in [0.15, 0.2) is 28.2 Å². The van der Waals surface area contributed by atoms with Crippen molar-refractivity contribution in [3.8, 4) is 10.8 Å². The van der Waals surface area contributed by atoms with Gasteiger partial charge in [-0.15, -0.1) is 11.3 Å². The normalized spacial score (nSPS) is 21.2. The van der Waals surface area contributed by atoms with E-state index < -0.39 is 0 Å². The first-order valence-corrected chi connectivity index (χ1v) is 9.85. The number of piperidine rings is 1. The summed E-state index contributed by atoms with van der Waals surface area (Å²) in [6, 6.07) is 4.02. The number of hydrogen-bond donors (Lipinski definition) is 1. The van der Waals surface area contributed by atoms with Gasteiger partial charge in [-0.25, -0.2) is 4.98 Å². The van der Waals surface area contributed by atoms with Crippen LogP contribution in [0.2, 0.25) is 0 Å². The van der Waals surface area contributed by atoms with Gasteiger partial charge in [0.25, 0.3) is 0 Å². The minimum Gasteiger partial charge on any atom is -0.444 e. The van der Waals surface area contributed by atoms with Crippen molar-refractivity contribution in [3.63, 3.8) is 0 Å². The van der Waals surface area contributed by atoms with Crippen LogP contribution in [0.25, 0.3) is 10.8 Å². The van der Waals surface area contributed by atoms with Gasteiger partial charge in [0.1, 0.15) is 6.26 Å². The van der Waals surface area contributed by atoms with Gasteiger partial charge in [0.2, 0.25) is 17.7 Å². The van der Waals surface area contributed by atoms with Gasteiger partial charge in [0.05, 0.1) is 23.5 Å². The summed E-state index contributed by atoms with van der Waals surface area (Å²) in [5.74, 6) is 0.738. The van der Waals surface area contributed by atoms with Crippen molar-refractivity contribution < 1.29 is 14.0 Å². The number of piperazine rings is 1. The van der Waals surface area contributed by atoms with E-state index in [0.717, 1.165) is 37.4 Å². The number of aromatic nitrogens is 1. The van der Waals surface area contributed by atoms with Crippen molar-refractivity contribution in [2.75, 3.05) is 32.7 Å². The number of likely N-dealkylation sites (tertiary alicyclic amines) is 1. The lowest BCUT2D eigenvalue weighted by Gasteiger charge is -2.41. The Kier molecular flexibility index (Phi) is 5.03. The Morgan fingerprint density at radius 1 is 1.42 bits per heavy atom. The fourth-order valence-electron chi connectivity index (χ4n) is 3.61. The van der Waals surface area contributed by atoms with Crippen molar-refractivity contribution >= 4 is 23.2 Å². The molecule has 1 atom stereocenters. The molecule has 26 heavy (non-hydrogen) atoms. The number of nitrogens with one attached hydrogen (secondary N) is 1. The molecule has 0 aromatic carbocycles. The lowest BCUT2D eigenvalue weighted by Crippen LogP contribution is -2.57. The third kappa shape index (κ3) is 3.66. The summed E-state index contributed by atoms with van der Waals surface area (Å²) < 4.78 is 5.50. The van der Waals surface area contributed by atoms with Crippen LogP contribution in [0.4, 0.5) is 0 Å². The fraction of sp³-hybridized carbons (Fsp3) is 0.500. The number of thiophene rings is 1. The zero-order valence-corrected chi connectivity index (χ0v) is 15.3. The van der Waals surface area contributed by atoms with E-state index in [2.05, 4.69) is 10.3 Å². The first-order valence-electron chi connectivity index (χ1n) is 8.97. The van der Waals surface area contributed by atoms with Crippen molar-refractivity contribution in [1.29, 1.82) is 0 Å². The van der Waals surface area contributed by atoms with Gasteiger partial charge in [-0.05, 0) is 24.3 Å². The Labute approximate surface area is 156 Å². The highest BCUT2D eigenvalue weighted by Crippen LogP contribution is 2.24. The molecule has 2 fully saturated rings. The van der Waals surface area contributed by atoms with Gasteiger partial charge in [0.15, 0.2) is 0 Å². The highest BCUT2D eigenvalue weighted by molar-refractivity contribution is 7.13. The quantitative estimate of drug-likeness (QED) is 0.874. The first kappa shape index (κ1) is 17.2. The van der Waals surface area contributed by atoms with Crippen LogP contribution in [-0.4, -0.2) is 65.4 Å². The fourth-order valence-corrected chi connectivity index (χ4v) is 4.27. The minimum atomic E-state index is 0.0447. The lowest BCUT2D eigenvalue weighted by molar-refractivity contribution is -0.140. The van der Waals surface area contributed by atoms with Crippen molar-refractivity contribution in [2.45, 2.75) is 25.3 Å². The smallest absolute Gasteiger partial charge is 0.236 e.